The number of carbonyl (C=O) groups is 2. The summed E-state index contributed by atoms with van der Waals surface area (Å²) >= 11 is 0. The van der Waals surface area contributed by atoms with Crippen molar-refractivity contribution in [3.05, 3.63) is 66.1 Å². The molecule has 0 unspecified atom stereocenters. The van der Waals surface area contributed by atoms with Gasteiger partial charge in [0, 0.05) is 12.4 Å². The summed E-state index contributed by atoms with van der Waals surface area (Å²) in [5.41, 5.74) is -0.0281. The van der Waals surface area contributed by atoms with E-state index >= 15 is 0 Å². The van der Waals surface area contributed by atoms with Gasteiger partial charge in [-0.2, -0.15) is 0 Å². The van der Waals surface area contributed by atoms with Gasteiger partial charge in [-0.1, -0.05) is 12.1 Å². The second kappa shape index (κ2) is 6.45. The van der Waals surface area contributed by atoms with E-state index in [0.717, 1.165) is 12.1 Å². The van der Waals surface area contributed by atoms with Crippen LogP contribution in [0, 0.1) is 11.6 Å². The fourth-order valence-corrected chi connectivity index (χ4v) is 2.03. The monoisotopic (exact) mass is 331 g/mol. The van der Waals surface area contributed by atoms with Gasteiger partial charge in [-0.05, 0) is 24.3 Å². The van der Waals surface area contributed by atoms with Crippen LogP contribution in [0.25, 0.3) is 5.65 Å². The number of anilines is 1. The van der Waals surface area contributed by atoms with Crippen LogP contribution >= 0.6 is 0 Å². The second-order valence-corrected chi connectivity index (χ2v) is 4.81. The maximum absolute atomic E-state index is 13.4. The lowest BCUT2D eigenvalue weighted by atomic mass is 10.3. The lowest BCUT2D eigenvalue weighted by molar-refractivity contribution is -0.119. The molecule has 122 valence electrons. The van der Waals surface area contributed by atoms with E-state index in [1.807, 2.05) is 5.32 Å². The number of aromatic nitrogens is 2. The van der Waals surface area contributed by atoms with Crippen molar-refractivity contribution in [3.8, 4) is 0 Å². The van der Waals surface area contributed by atoms with Crippen LogP contribution in [-0.4, -0.2) is 27.9 Å². The molecule has 3 rings (SSSR count). The highest BCUT2D eigenvalue weighted by molar-refractivity contribution is 5.95. The van der Waals surface area contributed by atoms with Crippen LogP contribution < -0.4 is 5.32 Å². The molecule has 0 spiro atoms. The number of nitrogens with zero attached hydrogens (tertiary/aromatic N) is 2. The molecule has 1 amide bonds. The fourth-order valence-electron chi connectivity index (χ4n) is 2.03. The average Bonchev–Trinajstić information content (AvgIpc) is 3.00. The molecular weight excluding hydrogens is 320 g/mol. The number of imidazole rings is 1. The molecule has 0 fully saturated rings. The minimum atomic E-state index is -0.921. The normalized spacial score (nSPS) is 10.6. The first-order valence-corrected chi connectivity index (χ1v) is 6.89. The van der Waals surface area contributed by atoms with Crippen molar-refractivity contribution in [1.82, 2.24) is 9.38 Å². The molecule has 8 heteroatoms. The van der Waals surface area contributed by atoms with Gasteiger partial charge in [0.2, 0.25) is 0 Å². The number of esters is 1. The molecule has 2 aromatic heterocycles. The number of carbonyl (C=O) groups excluding carboxylic acids is 2. The summed E-state index contributed by atoms with van der Waals surface area (Å²) < 4.78 is 33.3. The molecule has 0 aliphatic rings. The van der Waals surface area contributed by atoms with Gasteiger partial charge in [-0.25, -0.2) is 18.6 Å². The molecular formula is C16H11F2N3O3. The zero-order chi connectivity index (χ0) is 17.1. The Kier molecular flexibility index (Phi) is 4.19. The van der Waals surface area contributed by atoms with Crippen molar-refractivity contribution in [2.24, 2.45) is 0 Å². The SMILES string of the molecule is O=C(COC(=O)c1cn2ccccc2n1)Nc1c(F)cccc1F. The number of rotatable bonds is 4. The third-order valence-corrected chi connectivity index (χ3v) is 3.13. The lowest BCUT2D eigenvalue weighted by Gasteiger charge is -2.07. The third kappa shape index (κ3) is 3.22. The van der Waals surface area contributed by atoms with E-state index in [2.05, 4.69) is 4.98 Å². The maximum Gasteiger partial charge on any atom is 0.359 e. The molecule has 2 heterocycles. The summed E-state index contributed by atoms with van der Waals surface area (Å²) in [6, 6.07) is 8.39. The summed E-state index contributed by atoms with van der Waals surface area (Å²) in [7, 11) is 0. The molecule has 3 aromatic rings. The first-order valence-electron chi connectivity index (χ1n) is 6.89. The molecule has 0 radical (unpaired) electrons. The van der Waals surface area contributed by atoms with E-state index in [9.17, 15) is 18.4 Å². The lowest BCUT2D eigenvalue weighted by Crippen LogP contribution is -2.22. The topological polar surface area (TPSA) is 72.7 Å². The summed E-state index contributed by atoms with van der Waals surface area (Å²) in [5.74, 6) is -3.52. The highest BCUT2D eigenvalue weighted by Crippen LogP contribution is 2.17. The molecule has 0 saturated heterocycles. The summed E-state index contributed by atoms with van der Waals surface area (Å²) in [5, 5.41) is 2.02. The average molecular weight is 331 g/mol. The predicted molar refractivity (Wildman–Crippen MR) is 80.5 cm³/mol. The fraction of sp³-hybridized carbons (Fsp3) is 0.0625. The first-order chi connectivity index (χ1) is 11.5. The number of para-hydroxylation sites is 1. The largest absolute Gasteiger partial charge is 0.451 e. The number of hydrogen-bond donors (Lipinski definition) is 1. The van der Waals surface area contributed by atoms with Crippen LogP contribution in [0.1, 0.15) is 10.5 Å². The standard InChI is InChI=1S/C16H11F2N3O3/c17-10-4-3-5-11(18)15(10)20-14(22)9-24-16(23)12-8-21-7-2-1-6-13(21)19-12/h1-8H,9H2,(H,20,22). The van der Waals surface area contributed by atoms with E-state index in [0.29, 0.717) is 5.65 Å². The molecule has 0 aliphatic carbocycles. The zero-order valence-electron chi connectivity index (χ0n) is 12.2. The van der Waals surface area contributed by atoms with Gasteiger partial charge in [-0.3, -0.25) is 4.79 Å². The van der Waals surface area contributed by atoms with E-state index in [1.54, 1.807) is 28.8 Å². The molecule has 0 saturated carbocycles. The second-order valence-electron chi connectivity index (χ2n) is 4.81. The Morgan fingerprint density at radius 2 is 1.88 bits per heavy atom. The first kappa shape index (κ1) is 15.6. The number of amides is 1. The van der Waals surface area contributed by atoms with Crippen LogP contribution in [0.15, 0.2) is 48.8 Å². The Morgan fingerprint density at radius 3 is 2.58 bits per heavy atom. The summed E-state index contributed by atoms with van der Waals surface area (Å²) in [6.45, 7) is -0.694. The van der Waals surface area contributed by atoms with Crippen molar-refractivity contribution in [3.63, 3.8) is 0 Å². The van der Waals surface area contributed by atoms with Crippen LogP contribution in [0.4, 0.5) is 14.5 Å². The van der Waals surface area contributed by atoms with Crippen LogP contribution in [0.2, 0.25) is 0 Å². The van der Waals surface area contributed by atoms with Crippen molar-refractivity contribution in [1.29, 1.82) is 0 Å². The number of benzene rings is 1. The van der Waals surface area contributed by atoms with Crippen molar-refractivity contribution in [2.75, 3.05) is 11.9 Å². The van der Waals surface area contributed by atoms with Gasteiger partial charge in [0.25, 0.3) is 5.91 Å². The quantitative estimate of drug-likeness (QED) is 0.745. The Bertz CT molecular complexity index is 871. The van der Waals surface area contributed by atoms with E-state index in [1.165, 1.54) is 12.3 Å². The van der Waals surface area contributed by atoms with Crippen LogP contribution in [0.3, 0.4) is 0 Å². The van der Waals surface area contributed by atoms with Gasteiger partial charge in [0.05, 0.1) is 0 Å². The number of halogens is 2. The Labute approximate surface area is 134 Å². The molecule has 1 N–H and O–H groups in total. The van der Waals surface area contributed by atoms with E-state index in [-0.39, 0.29) is 5.69 Å². The molecule has 6 nitrogen and oxygen atoms in total. The minimum Gasteiger partial charge on any atom is -0.451 e. The van der Waals surface area contributed by atoms with Crippen LogP contribution in [-0.2, 0) is 9.53 Å². The van der Waals surface area contributed by atoms with Gasteiger partial charge in [0.1, 0.15) is 23.0 Å². The Morgan fingerprint density at radius 1 is 1.12 bits per heavy atom. The van der Waals surface area contributed by atoms with Crippen molar-refractivity contribution in [2.45, 2.75) is 0 Å². The highest BCUT2D eigenvalue weighted by atomic mass is 19.1. The Hall–Kier alpha value is -3.29. The maximum atomic E-state index is 13.4. The minimum absolute atomic E-state index is 0.0195. The number of hydrogen-bond acceptors (Lipinski definition) is 4. The summed E-state index contributed by atoms with van der Waals surface area (Å²) in [4.78, 5) is 27.6. The van der Waals surface area contributed by atoms with Gasteiger partial charge in [0.15, 0.2) is 12.3 Å². The number of pyridine rings is 1. The van der Waals surface area contributed by atoms with Crippen LogP contribution in [0.5, 0.6) is 0 Å². The van der Waals surface area contributed by atoms with Crippen molar-refractivity contribution >= 4 is 23.2 Å². The molecule has 0 atom stereocenters. The Balaban J connectivity index is 1.62. The number of ether oxygens (including phenoxy) is 1. The van der Waals surface area contributed by atoms with E-state index < -0.39 is 35.8 Å². The smallest absolute Gasteiger partial charge is 0.359 e. The van der Waals surface area contributed by atoms with Crippen molar-refractivity contribution < 1.29 is 23.1 Å². The number of fused-ring (bicyclic) bond motifs is 1. The third-order valence-electron chi connectivity index (χ3n) is 3.13. The zero-order valence-corrected chi connectivity index (χ0v) is 12.2. The summed E-state index contributed by atoms with van der Waals surface area (Å²) in [6.07, 6.45) is 3.15. The number of nitrogens with one attached hydrogen (secondary N) is 1. The molecule has 24 heavy (non-hydrogen) atoms. The molecule has 0 bridgehead atoms. The molecule has 0 aliphatic heterocycles. The van der Waals surface area contributed by atoms with Gasteiger partial charge in [-0.15, -0.1) is 0 Å². The predicted octanol–water partition coefficient (Wildman–Crippen LogP) is 2.41. The van der Waals surface area contributed by atoms with E-state index in [4.69, 9.17) is 4.74 Å². The van der Waals surface area contributed by atoms with Gasteiger partial charge < -0.3 is 14.5 Å². The van der Waals surface area contributed by atoms with Gasteiger partial charge >= 0.3 is 5.97 Å². The highest BCUT2D eigenvalue weighted by Gasteiger charge is 2.16. The molecule has 1 aromatic carbocycles.